The molecule has 1 aromatic carbocycles. The van der Waals surface area contributed by atoms with Crippen LogP contribution in [0.1, 0.15) is 24.0 Å². The Kier molecular flexibility index (Phi) is 5.92. The molecule has 1 saturated heterocycles. The van der Waals surface area contributed by atoms with Crippen molar-refractivity contribution in [3.05, 3.63) is 53.9 Å². The first-order valence-electron chi connectivity index (χ1n) is 9.40. The molecule has 1 aromatic heterocycles. The third kappa shape index (κ3) is 4.30. The number of benzene rings is 1. The van der Waals surface area contributed by atoms with Crippen molar-refractivity contribution in [2.24, 2.45) is 5.92 Å². The van der Waals surface area contributed by atoms with Gasteiger partial charge in [0.15, 0.2) is 0 Å². The molecule has 1 aliphatic heterocycles. The molecule has 0 radical (unpaired) electrons. The number of hydrogen-bond donors (Lipinski definition) is 0. The maximum atomic E-state index is 12.6. The highest BCUT2D eigenvalue weighted by Gasteiger charge is 2.40. The van der Waals surface area contributed by atoms with Gasteiger partial charge < -0.3 is 14.7 Å². The zero-order chi connectivity index (χ0) is 20.3. The number of hydrogen-bond acceptors (Lipinski definition) is 5. The summed E-state index contributed by atoms with van der Waals surface area (Å²) in [4.78, 5) is 38.4. The van der Waals surface area contributed by atoms with E-state index in [0.29, 0.717) is 25.6 Å². The van der Waals surface area contributed by atoms with Gasteiger partial charge in [0.05, 0.1) is 5.92 Å². The van der Waals surface area contributed by atoms with Crippen molar-refractivity contribution in [3.8, 4) is 0 Å². The van der Waals surface area contributed by atoms with E-state index in [0.717, 1.165) is 11.1 Å². The lowest BCUT2D eigenvalue weighted by Gasteiger charge is -2.22. The fourth-order valence-corrected chi connectivity index (χ4v) is 3.68. The first-order valence-corrected chi connectivity index (χ1v) is 9.40. The quantitative estimate of drug-likeness (QED) is 0.789. The van der Waals surface area contributed by atoms with Crippen LogP contribution in [0.4, 0.5) is 5.95 Å². The number of anilines is 1. The molecule has 0 N–H and O–H groups in total. The van der Waals surface area contributed by atoms with Gasteiger partial charge in [0.25, 0.3) is 0 Å². The Balaban J connectivity index is 1.75. The van der Waals surface area contributed by atoms with Gasteiger partial charge in [-0.25, -0.2) is 9.97 Å². The van der Waals surface area contributed by atoms with Crippen LogP contribution < -0.4 is 4.90 Å². The smallest absolute Gasteiger partial charge is 0.227 e. The molecule has 1 fully saturated rings. The topological polar surface area (TPSA) is 69.6 Å². The van der Waals surface area contributed by atoms with E-state index in [1.165, 1.54) is 0 Å². The van der Waals surface area contributed by atoms with Crippen molar-refractivity contribution in [1.29, 1.82) is 0 Å². The largest absolute Gasteiger partial charge is 0.349 e. The van der Waals surface area contributed by atoms with Gasteiger partial charge in [-0.1, -0.05) is 24.3 Å². The Morgan fingerprint density at radius 3 is 2.29 bits per heavy atom. The minimum Gasteiger partial charge on any atom is -0.349 e. The third-order valence-electron chi connectivity index (χ3n) is 5.24. The highest BCUT2D eigenvalue weighted by Crippen LogP contribution is 2.34. The van der Waals surface area contributed by atoms with E-state index in [1.54, 1.807) is 49.3 Å². The normalized spacial score (nSPS) is 18.8. The van der Waals surface area contributed by atoms with E-state index >= 15 is 0 Å². The molecule has 2 heterocycles. The van der Waals surface area contributed by atoms with Gasteiger partial charge in [-0.2, -0.15) is 0 Å². The molecular weight excluding hydrogens is 354 g/mol. The Hall–Kier alpha value is -2.96. The van der Waals surface area contributed by atoms with Crippen LogP contribution in [0.2, 0.25) is 0 Å². The van der Waals surface area contributed by atoms with E-state index in [4.69, 9.17) is 0 Å². The Morgan fingerprint density at radius 1 is 1.07 bits per heavy atom. The molecule has 0 aliphatic carbocycles. The minimum absolute atomic E-state index is 0.0140. The van der Waals surface area contributed by atoms with Crippen LogP contribution >= 0.6 is 0 Å². The summed E-state index contributed by atoms with van der Waals surface area (Å²) in [5.41, 5.74) is 2.22. The van der Waals surface area contributed by atoms with Crippen LogP contribution in [0.3, 0.4) is 0 Å². The number of amides is 2. The molecule has 2 atom stereocenters. The molecule has 1 aliphatic rings. The number of carbonyl (C=O) groups excluding carboxylic acids is 2. The zero-order valence-electron chi connectivity index (χ0n) is 16.9. The molecule has 28 heavy (non-hydrogen) atoms. The summed E-state index contributed by atoms with van der Waals surface area (Å²) in [6.07, 6.45) is 3.45. The van der Waals surface area contributed by atoms with Crippen molar-refractivity contribution in [1.82, 2.24) is 19.8 Å². The van der Waals surface area contributed by atoms with Gasteiger partial charge in [-0.15, -0.1) is 0 Å². The maximum Gasteiger partial charge on any atom is 0.227 e. The first kappa shape index (κ1) is 19.8. The van der Waals surface area contributed by atoms with E-state index in [1.807, 2.05) is 11.9 Å². The van der Waals surface area contributed by atoms with Crippen LogP contribution in [-0.2, 0) is 16.1 Å². The molecule has 0 saturated carbocycles. The minimum atomic E-state index is -0.204. The van der Waals surface area contributed by atoms with Crippen molar-refractivity contribution in [2.75, 3.05) is 39.1 Å². The fourth-order valence-electron chi connectivity index (χ4n) is 3.68. The summed E-state index contributed by atoms with van der Waals surface area (Å²) >= 11 is 0. The van der Waals surface area contributed by atoms with Crippen molar-refractivity contribution >= 4 is 17.8 Å². The lowest BCUT2D eigenvalue weighted by atomic mass is 9.87. The number of likely N-dealkylation sites (tertiary alicyclic amines) is 1. The van der Waals surface area contributed by atoms with Crippen LogP contribution in [0.25, 0.3) is 0 Å². The number of carbonyl (C=O) groups is 2. The molecule has 7 nitrogen and oxygen atoms in total. The van der Waals surface area contributed by atoms with Crippen LogP contribution in [-0.4, -0.2) is 65.8 Å². The molecule has 0 unspecified atom stereocenters. The number of nitrogens with zero attached hydrogens (tertiary/aromatic N) is 5. The predicted molar refractivity (Wildman–Crippen MR) is 108 cm³/mol. The number of aromatic nitrogens is 2. The third-order valence-corrected chi connectivity index (χ3v) is 5.24. The zero-order valence-corrected chi connectivity index (χ0v) is 16.9. The van der Waals surface area contributed by atoms with E-state index in [-0.39, 0.29) is 23.7 Å². The van der Waals surface area contributed by atoms with Crippen molar-refractivity contribution in [2.45, 2.75) is 19.4 Å². The van der Waals surface area contributed by atoms with Gasteiger partial charge in [-0.3, -0.25) is 9.59 Å². The average Bonchev–Trinajstić information content (AvgIpc) is 3.14. The summed E-state index contributed by atoms with van der Waals surface area (Å²) in [7, 11) is 5.48. The number of rotatable bonds is 5. The second kappa shape index (κ2) is 8.37. The SMILES string of the molecule is CC(=O)N1C[C@H](C(=O)N(C)C)[C@@H](c2ccc(CN(C)c3ncccn3)cc2)C1. The average molecular weight is 381 g/mol. The second-order valence-electron chi connectivity index (χ2n) is 7.52. The summed E-state index contributed by atoms with van der Waals surface area (Å²) < 4.78 is 0. The summed E-state index contributed by atoms with van der Waals surface area (Å²) in [5.74, 6) is 0.572. The van der Waals surface area contributed by atoms with Crippen molar-refractivity contribution < 1.29 is 9.59 Å². The highest BCUT2D eigenvalue weighted by atomic mass is 16.2. The van der Waals surface area contributed by atoms with Gasteiger partial charge in [0.1, 0.15) is 0 Å². The van der Waals surface area contributed by atoms with Crippen LogP contribution in [0, 0.1) is 5.92 Å². The first-order chi connectivity index (χ1) is 13.4. The Morgan fingerprint density at radius 2 is 1.71 bits per heavy atom. The molecule has 2 amide bonds. The van der Waals surface area contributed by atoms with Gasteiger partial charge in [0, 0.05) is 66.0 Å². The summed E-state index contributed by atoms with van der Waals surface area (Å²) in [5, 5.41) is 0. The van der Waals surface area contributed by atoms with E-state index in [2.05, 4.69) is 34.2 Å². The van der Waals surface area contributed by atoms with E-state index in [9.17, 15) is 9.59 Å². The molecule has 7 heteroatoms. The molecule has 2 aromatic rings. The summed E-state index contributed by atoms with van der Waals surface area (Å²) in [6, 6.07) is 10.1. The predicted octanol–water partition coefficient (Wildman–Crippen LogP) is 1.76. The highest BCUT2D eigenvalue weighted by molar-refractivity contribution is 5.82. The Bertz CT molecular complexity index is 822. The fraction of sp³-hybridized carbons (Fsp3) is 0.429. The van der Waals surface area contributed by atoms with Crippen LogP contribution in [0.5, 0.6) is 0 Å². The molecular formula is C21H27N5O2. The molecule has 3 rings (SSSR count). The molecule has 0 spiro atoms. The van der Waals surface area contributed by atoms with Crippen molar-refractivity contribution in [3.63, 3.8) is 0 Å². The van der Waals surface area contributed by atoms with Gasteiger partial charge in [0.2, 0.25) is 17.8 Å². The van der Waals surface area contributed by atoms with E-state index < -0.39 is 0 Å². The van der Waals surface area contributed by atoms with Gasteiger partial charge >= 0.3 is 0 Å². The maximum absolute atomic E-state index is 12.6. The standard InChI is InChI=1S/C21H27N5O2/c1-15(27)26-13-18(19(14-26)20(28)24(2)3)17-8-6-16(7-9-17)12-25(4)21-22-10-5-11-23-21/h5-11,18-19H,12-14H2,1-4H3/t18-,19+/m1/s1. The van der Waals surface area contributed by atoms with Crippen LogP contribution in [0.15, 0.2) is 42.7 Å². The Labute approximate surface area is 166 Å². The molecule has 0 bridgehead atoms. The monoisotopic (exact) mass is 381 g/mol. The van der Waals surface area contributed by atoms with Gasteiger partial charge in [-0.05, 0) is 17.2 Å². The lowest BCUT2D eigenvalue weighted by Crippen LogP contribution is -2.34. The summed E-state index contributed by atoms with van der Waals surface area (Å²) in [6.45, 7) is 3.31. The second-order valence-corrected chi connectivity index (χ2v) is 7.52. The lowest BCUT2D eigenvalue weighted by molar-refractivity contribution is -0.133. The molecule has 148 valence electrons.